The van der Waals surface area contributed by atoms with Crippen LogP contribution in [0.15, 0.2) is 60.8 Å². The van der Waals surface area contributed by atoms with Crippen LogP contribution in [0.5, 0.6) is 0 Å². The van der Waals surface area contributed by atoms with Crippen molar-refractivity contribution in [1.29, 1.82) is 0 Å². The minimum atomic E-state index is -0.196. The average Bonchev–Trinajstić information content (AvgIpc) is 2.49. The largest absolute Gasteiger partial charge is 0.381 e. The number of benzene rings is 2. The molecular weight excluding hydrogens is 263 g/mol. The number of pyridine rings is 1. The van der Waals surface area contributed by atoms with Gasteiger partial charge < -0.3 is 5.32 Å². The molecule has 21 heavy (non-hydrogen) atoms. The quantitative estimate of drug-likeness (QED) is 0.765. The first-order valence-electron chi connectivity index (χ1n) is 7.06. The average molecular weight is 280 g/mol. The Morgan fingerprint density at radius 1 is 1.10 bits per heavy atom. The summed E-state index contributed by atoms with van der Waals surface area (Å²) in [4.78, 5) is 4.44. The van der Waals surface area contributed by atoms with Gasteiger partial charge >= 0.3 is 0 Å². The number of nitrogens with zero attached hydrogens (tertiary/aromatic N) is 1. The fourth-order valence-corrected chi connectivity index (χ4v) is 2.46. The van der Waals surface area contributed by atoms with Gasteiger partial charge in [0.2, 0.25) is 0 Å². The van der Waals surface area contributed by atoms with E-state index in [1.807, 2.05) is 36.5 Å². The third-order valence-electron chi connectivity index (χ3n) is 3.46. The van der Waals surface area contributed by atoms with Gasteiger partial charge in [0.25, 0.3) is 0 Å². The molecule has 0 saturated carbocycles. The van der Waals surface area contributed by atoms with E-state index in [4.69, 9.17) is 0 Å². The number of hydrogen-bond acceptors (Lipinski definition) is 2. The number of hydrogen-bond donors (Lipinski definition) is 1. The van der Waals surface area contributed by atoms with E-state index in [9.17, 15) is 4.39 Å². The molecule has 1 N–H and O–H groups in total. The summed E-state index contributed by atoms with van der Waals surface area (Å²) in [5.74, 6) is -0.196. The zero-order valence-electron chi connectivity index (χ0n) is 11.9. The Morgan fingerprint density at radius 3 is 2.67 bits per heavy atom. The molecule has 1 heterocycles. The summed E-state index contributed by atoms with van der Waals surface area (Å²) in [5.41, 5.74) is 3.11. The summed E-state index contributed by atoms with van der Waals surface area (Å²) < 4.78 is 12.9. The summed E-state index contributed by atoms with van der Waals surface area (Å²) in [6.07, 6.45) is 2.69. The minimum Gasteiger partial charge on any atom is -0.381 e. The van der Waals surface area contributed by atoms with E-state index in [2.05, 4.69) is 29.4 Å². The van der Waals surface area contributed by atoms with Crippen LogP contribution in [0.1, 0.15) is 12.5 Å². The molecule has 2 nitrogen and oxygen atoms in total. The van der Waals surface area contributed by atoms with Gasteiger partial charge in [-0.2, -0.15) is 0 Å². The molecule has 3 rings (SSSR count). The van der Waals surface area contributed by atoms with Crippen LogP contribution >= 0.6 is 0 Å². The number of rotatable bonds is 4. The summed E-state index contributed by atoms with van der Waals surface area (Å²) in [6, 6.07) is 17.0. The van der Waals surface area contributed by atoms with E-state index < -0.39 is 0 Å². The zero-order valence-corrected chi connectivity index (χ0v) is 11.9. The predicted molar refractivity (Wildman–Crippen MR) is 84.9 cm³/mol. The van der Waals surface area contributed by atoms with Crippen molar-refractivity contribution in [2.24, 2.45) is 0 Å². The predicted octanol–water partition coefficient (Wildman–Crippen LogP) is 4.42. The molecule has 0 bridgehead atoms. The lowest BCUT2D eigenvalue weighted by Gasteiger charge is -2.15. The number of aromatic nitrogens is 1. The fourth-order valence-electron chi connectivity index (χ4n) is 2.46. The van der Waals surface area contributed by atoms with Gasteiger partial charge in [-0.1, -0.05) is 30.3 Å². The van der Waals surface area contributed by atoms with Gasteiger partial charge in [-0.15, -0.1) is 0 Å². The highest BCUT2D eigenvalue weighted by Crippen LogP contribution is 2.17. The molecule has 0 aliphatic rings. The van der Waals surface area contributed by atoms with E-state index in [0.717, 1.165) is 28.6 Å². The van der Waals surface area contributed by atoms with Crippen LogP contribution < -0.4 is 5.32 Å². The monoisotopic (exact) mass is 280 g/mol. The van der Waals surface area contributed by atoms with Crippen molar-refractivity contribution in [2.45, 2.75) is 19.4 Å². The third kappa shape index (κ3) is 3.37. The van der Waals surface area contributed by atoms with Gasteiger partial charge in [0.15, 0.2) is 0 Å². The van der Waals surface area contributed by atoms with Crippen molar-refractivity contribution in [3.8, 4) is 0 Å². The smallest absolute Gasteiger partial charge is 0.123 e. The topological polar surface area (TPSA) is 24.9 Å². The van der Waals surface area contributed by atoms with Crippen LogP contribution in [0.2, 0.25) is 0 Å². The van der Waals surface area contributed by atoms with Gasteiger partial charge in [0.05, 0.1) is 17.4 Å². The molecule has 1 aromatic heterocycles. The third-order valence-corrected chi connectivity index (χ3v) is 3.46. The van der Waals surface area contributed by atoms with Crippen LogP contribution in [-0.4, -0.2) is 11.0 Å². The number of halogens is 1. The minimum absolute atomic E-state index is 0.196. The molecular formula is C18H17FN2. The number of para-hydroxylation sites is 1. The molecule has 0 aliphatic carbocycles. The Labute approximate surface area is 123 Å². The normalized spacial score (nSPS) is 12.3. The maximum Gasteiger partial charge on any atom is 0.123 e. The first-order valence-corrected chi connectivity index (χ1v) is 7.06. The van der Waals surface area contributed by atoms with E-state index >= 15 is 0 Å². The number of nitrogens with one attached hydrogen (secondary N) is 1. The Hall–Kier alpha value is -2.42. The Bertz CT molecular complexity index is 738. The molecule has 1 unspecified atom stereocenters. The summed E-state index contributed by atoms with van der Waals surface area (Å²) >= 11 is 0. The first kappa shape index (κ1) is 13.6. The van der Waals surface area contributed by atoms with Crippen LogP contribution in [0.25, 0.3) is 10.9 Å². The lowest BCUT2D eigenvalue weighted by Crippen LogP contribution is -2.18. The Morgan fingerprint density at radius 2 is 1.86 bits per heavy atom. The summed E-state index contributed by atoms with van der Waals surface area (Å²) in [7, 11) is 0. The van der Waals surface area contributed by atoms with Crippen molar-refractivity contribution < 1.29 is 4.39 Å². The molecule has 3 heteroatoms. The molecule has 0 saturated heterocycles. The highest BCUT2D eigenvalue weighted by molar-refractivity contribution is 5.81. The second kappa shape index (κ2) is 5.92. The summed E-state index contributed by atoms with van der Waals surface area (Å²) in [6.45, 7) is 2.11. The highest BCUT2D eigenvalue weighted by Gasteiger charge is 2.05. The van der Waals surface area contributed by atoms with E-state index in [1.54, 1.807) is 0 Å². The molecule has 0 radical (unpaired) electrons. The van der Waals surface area contributed by atoms with E-state index in [1.165, 1.54) is 12.1 Å². The Kier molecular flexibility index (Phi) is 3.82. The molecule has 3 aromatic rings. The van der Waals surface area contributed by atoms with Crippen LogP contribution in [0, 0.1) is 5.82 Å². The standard InChI is InChI=1S/C18H17FN2/c1-13(10-14-6-8-16(19)9-7-14)21-17-11-15-4-2-3-5-18(15)20-12-17/h2-9,11-13,21H,10H2,1H3. The molecule has 1 atom stereocenters. The fraction of sp³-hybridized carbons (Fsp3) is 0.167. The molecule has 0 spiro atoms. The van der Waals surface area contributed by atoms with E-state index in [0.29, 0.717) is 0 Å². The second-order valence-corrected chi connectivity index (χ2v) is 5.29. The lowest BCUT2D eigenvalue weighted by molar-refractivity contribution is 0.626. The molecule has 0 amide bonds. The maximum absolute atomic E-state index is 12.9. The molecule has 106 valence electrons. The molecule has 2 aromatic carbocycles. The molecule has 0 fully saturated rings. The van der Waals surface area contributed by atoms with Crippen molar-refractivity contribution in [2.75, 3.05) is 5.32 Å². The first-order chi connectivity index (χ1) is 10.2. The van der Waals surface area contributed by atoms with E-state index in [-0.39, 0.29) is 11.9 Å². The summed E-state index contributed by atoms with van der Waals surface area (Å²) in [5, 5.41) is 4.56. The van der Waals surface area contributed by atoms with Gasteiger partial charge in [-0.3, -0.25) is 4.98 Å². The van der Waals surface area contributed by atoms with Gasteiger partial charge in [0.1, 0.15) is 5.82 Å². The number of anilines is 1. The molecule has 0 aliphatic heterocycles. The van der Waals surface area contributed by atoms with Gasteiger partial charge in [-0.25, -0.2) is 4.39 Å². The van der Waals surface area contributed by atoms with Crippen molar-refractivity contribution in [1.82, 2.24) is 4.98 Å². The van der Waals surface area contributed by atoms with Crippen molar-refractivity contribution >= 4 is 16.6 Å². The Balaban J connectivity index is 1.70. The zero-order chi connectivity index (χ0) is 14.7. The second-order valence-electron chi connectivity index (χ2n) is 5.29. The maximum atomic E-state index is 12.9. The van der Waals surface area contributed by atoms with Crippen LogP contribution in [-0.2, 0) is 6.42 Å². The van der Waals surface area contributed by atoms with Crippen LogP contribution in [0.3, 0.4) is 0 Å². The van der Waals surface area contributed by atoms with Crippen molar-refractivity contribution in [3.63, 3.8) is 0 Å². The number of fused-ring (bicyclic) bond motifs is 1. The van der Waals surface area contributed by atoms with Gasteiger partial charge in [0, 0.05) is 11.4 Å². The van der Waals surface area contributed by atoms with Crippen LogP contribution in [0.4, 0.5) is 10.1 Å². The highest BCUT2D eigenvalue weighted by atomic mass is 19.1. The van der Waals surface area contributed by atoms with Gasteiger partial charge in [-0.05, 0) is 43.2 Å². The SMILES string of the molecule is CC(Cc1ccc(F)cc1)Nc1cnc2ccccc2c1. The lowest BCUT2D eigenvalue weighted by atomic mass is 10.1. The van der Waals surface area contributed by atoms with Crippen molar-refractivity contribution in [3.05, 3.63) is 72.2 Å².